The van der Waals surface area contributed by atoms with Gasteiger partial charge in [0.25, 0.3) is 0 Å². The van der Waals surface area contributed by atoms with E-state index in [1.165, 1.54) is 0 Å². The molecule has 6 heteroatoms. The Kier molecular flexibility index (Phi) is 5.62. The highest BCUT2D eigenvalue weighted by Gasteiger charge is 2.09. The summed E-state index contributed by atoms with van der Waals surface area (Å²) in [4.78, 5) is 20.4. The van der Waals surface area contributed by atoms with Crippen molar-refractivity contribution in [3.8, 4) is 22.8 Å². The Morgan fingerprint density at radius 1 is 0.931 bits per heavy atom. The Morgan fingerprint density at radius 2 is 1.66 bits per heavy atom. The predicted molar refractivity (Wildman–Crippen MR) is 110 cm³/mol. The van der Waals surface area contributed by atoms with Crippen LogP contribution >= 0.6 is 0 Å². The molecular formula is C23H19N3O3. The fourth-order valence-electron chi connectivity index (χ4n) is 2.75. The standard InChI is InChI=1S/C23H19N3O3/c27-22(10-11-23-25-16-21(29-23)17-4-2-1-3-5-17)26-18-6-8-19(9-7-18)28-20-12-14-24-15-13-20/h1-9,12-16H,10-11H2,(H,26,27). The highest BCUT2D eigenvalue weighted by atomic mass is 16.5. The SMILES string of the molecule is O=C(CCc1ncc(-c2ccccc2)o1)Nc1ccc(Oc2ccncc2)cc1. The van der Waals surface area contributed by atoms with Crippen LogP contribution in [0, 0.1) is 0 Å². The number of pyridine rings is 1. The maximum absolute atomic E-state index is 12.2. The average molecular weight is 385 g/mol. The number of oxazole rings is 1. The molecule has 144 valence electrons. The quantitative estimate of drug-likeness (QED) is 0.479. The summed E-state index contributed by atoms with van der Waals surface area (Å²) in [6.07, 6.45) is 5.73. The molecule has 0 aliphatic heterocycles. The van der Waals surface area contributed by atoms with Crippen molar-refractivity contribution in [3.63, 3.8) is 0 Å². The monoisotopic (exact) mass is 385 g/mol. The van der Waals surface area contributed by atoms with E-state index in [0.29, 0.717) is 35.3 Å². The van der Waals surface area contributed by atoms with Gasteiger partial charge in [0.05, 0.1) is 6.20 Å². The first-order valence-corrected chi connectivity index (χ1v) is 9.24. The Hall–Kier alpha value is -3.93. The molecule has 2 aromatic heterocycles. The van der Waals surface area contributed by atoms with Gasteiger partial charge < -0.3 is 14.5 Å². The van der Waals surface area contributed by atoms with Gasteiger partial charge in [-0.25, -0.2) is 4.98 Å². The van der Waals surface area contributed by atoms with Crippen molar-refractivity contribution < 1.29 is 13.9 Å². The van der Waals surface area contributed by atoms with Gasteiger partial charge in [0.15, 0.2) is 11.7 Å². The highest BCUT2D eigenvalue weighted by molar-refractivity contribution is 5.90. The molecule has 0 spiro atoms. The second-order valence-corrected chi connectivity index (χ2v) is 6.34. The van der Waals surface area contributed by atoms with Crippen molar-refractivity contribution in [1.29, 1.82) is 0 Å². The van der Waals surface area contributed by atoms with Gasteiger partial charge in [-0.05, 0) is 36.4 Å². The summed E-state index contributed by atoms with van der Waals surface area (Å²) in [6, 6.07) is 20.5. The summed E-state index contributed by atoms with van der Waals surface area (Å²) in [6.45, 7) is 0. The summed E-state index contributed by atoms with van der Waals surface area (Å²) < 4.78 is 11.4. The van der Waals surface area contributed by atoms with Gasteiger partial charge >= 0.3 is 0 Å². The number of anilines is 1. The molecule has 2 heterocycles. The van der Waals surface area contributed by atoms with E-state index in [2.05, 4.69) is 15.3 Å². The van der Waals surface area contributed by atoms with Crippen molar-refractivity contribution in [2.75, 3.05) is 5.32 Å². The molecule has 1 N–H and O–H groups in total. The lowest BCUT2D eigenvalue weighted by molar-refractivity contribution is -0.116. The average Bonchev–Trinajstić information content (AvgIpc) is 3.24. The number of rotatable bonds is 7. The van der Waals surface area contributed by atoms with Crippen molar-refractivity contribution in [2.45, 2.75) is 12.8 Å². The molecule has 0 aliphatic carbocycles. The zero-order chi connectivity index (χ0) is 19.9. The van der Waals surface area contributed by atoms with Crippen LogP contribution in [-0.2, 0) is 11.2 Å². The Bertz CT molecular complexity index is 1060. The van der Waals surface area contributed by atoms with E-state index in [1.54, 1.807) is 55.0 Å². The summed E-state index contributed by atoms with van der Waals surface area (Å²) >= 11 is 0. The predicted octanol–water partition coefficient (Wildman–Crippen LogP) is 5.10. The number of nitrogens with one attached hydrogen (secondary N) is 1. The topological polar surface area (TPSA) is 77.2 Å². The zero-order valence-electron chi connectivity index (χ0n) is 15.6. The van der Waals surface area contributed by atoms with Gasteiger partial charge in [0, 0.05) is 36.5 Å². The van der Waals surface area contributed by atoms with Crippen LogP contribution in [-0.4, -0.2) is 15.9 Å². The van der Waals surface area contributed by atoms with Gasteiger partial charge in [-0.1, -0.05) is 30.3 Å². The third-order valence-corrected chi connectivity index (χ3v) is 4.20. The fourth-order valence-corrected chi connectivity index (χ4v) is 2.75. The number of benzene rings is 2. The number of aromatic nitrogens is 2. The normalized spacial score (nSPS) is 10.5. The molecule has 0 unspecified atom stereocenters. The summed E-state index contributed by atoms with van der Waals surface area (Å²) in [5.74, 6) is 2.53. The highest BCUT2D eigenvalue weighted by Crippen LogP contribution is 2.23. The Labute approximate surface area is 168 Å². The number of carbonyl (C=O) groups excluding carboxylic acids is 1. The molecule has 0 saturated carbocycles. The lowest BCUT2D eigenvalue weighted by Crippen LogP contribution is -2.12. The van der Waals surface area contributed by atoms with Crippen LogP contribution < -0.4 is 10.1 Å². The number of carbonyl (C=O) groups is 1. The van der Waals surface area contributed by atoms with Crippen LogP contribution in [0.2, 0.25) is 0 Å². The first-order valence-electron chi connectivity index (χ1n) is 9.24. The fraction of sp³-hybridized carbons (Fsp3) is 0.0870. The molecule has 4 rings (SSSR count). The molecule has 2 aromatic carbocycles. The number of ether oxygens (including phenoxy) is 1. The molecule has 1 amide bonds. The number of hydrogen-bond acceptors (Lipinski definition) is 5. The van der Waals surface area contributed by atoms with Crippen LogP contribution in [0.5, 0.6) is 11.5 Å². The maximum atomic E-state index is 12.2. The number of hydrogen-bond donors (Lipinski definition) is 1. The zero-order valence-corrected chi connectivity index (χ0v) is 15.6. The molecule has 0 bridgehead atoms. The van der Waals surface area contributed by atoms with E-state index in [9.17, 15) is 4.79 Å². The van der Waals surface area contributed by atoms with E-state index in [1.807, 2.05) is 30.3 Å². The Balaban J connectivity index is 1.28. The van der Waals surface area contributed by atoms with E-state index in [4.69, 9.17) is 9.15 Å². The molecule has 0 radical (unpaired) electrons. The van der Waals surface area contributed by atoms with E-state index in [0.717, 1.165) is 5.56 Å². The minimum absolute atomic E-state index is 0.104. The minimum atomic E-state index is -0.104. The first kappa shape index (κ1) is 18.4. The van der Waals surface area contributed by atoms with E-state index < -0.39 is 0 Å². The van der Waals surface area contributed by atoms with Crippen LogP contribution in [0.3, 0.4) is 0 Å². The van der Waals surface area contributed by atoms with Crippen molar-refractivity contribution in [2.24, 2.45) is 0 Å². The first-order chi connectivity index (χ1) is 14.3. The minimum Gasteiger partial charge on any atom is -0.457 e. The third-order valence-electron chi connectivity index (χ3n) is 4.20. The van der Waals surface area contributed by atoms with E-state index >= 15 is 0 Å². The molecule has 0 saturated heterocycles. The molecule has 29 heavy (non-hydrogen) atoms. The van der Waals surface area contributed by atoms with Crippen molar-refractivity contribution in [1.82, 2.24) is 9.97 Å². The molecular weight excluding hydrogens is 366 g/mol. The van der Waals surface area contributed by atoms with Crippen molar-refractivity contribution in [3.05, 3.63) is 91.2 Å². The summed E-state index contributed by atoms with van der Waals surface area (Å²) in [5.41, 5.74) is 1.67. The molecule has 0 aliphatic rings. The second-order valence-electron chi connectivity index (χ2n) is 6.34. The third kappa shape index (κ3) is 5.07. The summed E-state index contributed by atoms with van der Waals surface area (Å²) in [5, 5.41) is 2.87. The van der Waals surface area contributed by atoms with Crippen LogP contribution in [0.4, 0.5) is 5.69 Å². The molecule has 6 nitrogen and oxygen atoms in total. The van der Waals surface area contributed by atoms with Gasteiger partial charge in [0.2, 0.25) is 5.91 Å². The lowest BCUT2D eigenvalue weighted by Gasteiger charge is -2.07. The number of nitrogens with zero attached hydrogens (tertiary/aromatic N) is 2. The second kappa shape index (κ2) is 8.84. The van der Waals surface area contributed by atoms with Crippen LogP contribution in [0.15, 0.2) is 89.7 Å². The van der Waals surface area contributed by atoms with Crippen molar-refractivity contribution >= 4 is 11.6 Å². The number of amides is 1. The van der Waals surface area contributed by atoms with Gasteiger partial charge in [0.1, 0.15) is 11.5 Å². The summed E-state index contributed by atoms with van der Waals surface area (Å²) in [7, 11) is 0. The molecule has 0 atom stereocenters. The Morgan fingerprint density at radius 3 is 2.41 bits per heavy atom. The maximum Gasteiger partial charge on any atom is 0.224 e. The van der Waals surface area contributed by atoms with Crippen LogP contribution in [0.25, 0.3) is 11.3 Å². The largest absolute Gasteiger partial charge is 0.457 e. The van der Waals surface area contributed by atoms with Gasteiger partial charge in [-0.15, -0.1) is 0 Å². The van der Waals surface area contributed by atoms with E-state index in [-0.39, 0.29) is 12.3 Å². The molecule has 4 aromatic rings. The number of aryl methyl sites for hydroxylation is 1. The van der Waals surface area contributed by atoms with Crippen LogP contribution in [0.1, 0.15) is 12.3 Å². The lowest BCUT2D eigenvalue weighted by atomic mass is 10.2. The van der Waals surface area contributed by atoms with Gasteiger partial charge in [-0.3, -0.25) is 9.78 Å². The molecule has 0 fully saturated rings. The van der Waals surface area contributed by atoms with Gasteiger partial charge in [-0.2, -0.15) is 0 Å². The smallest absolute Gasteiger partial charge is 0.224 e.